The molecule has 0 aliphatic rings. The van der Waals surface area contributed by atoms with Gasteiger partial charge in [0.15, 0.2) is 0 Å². The molecule has 0 fully saturated rings. The lowest BCUT2D eigenvalue weighted by Gasteiger charge is -2.21. The molecular formula is C17H19Cl2NO. The molecule has 21 heavy (non-hydrogen) atoms. The van der Waals surface area contributed by atoms with E-state index in [9.17, 15) is 0 Å². The third-order valence-corrected chi connectivity index (χ3v) is 4.07. The minimum atomic E-state index is -0.0143. The third-order valence-electron chi connectivity index (χ3n) is 3.45. The predicted molar refractivity (Wildman–Crippen MR) is 89.8 cm³/mol. The fourth-order valence-corrected chi connectivity index (χ4v) is 3.11. The Morgan fingerprint density at radius 1 is 0.952 bits per heavy atom. The molecule has 4 heteroatoms. The summed E-state index contributed by atoms with van der Waals surface area (Å²) >= 11 is 12.6. The van der Waals surface area contributed by atoms with Gasteiger partial charge in [-0.15, -0.1) is 0 Å². The number of ether oxygens (including phenoxy) is 1. The summed E-state index contributed by atoms with van der Waals surface area (Å²) in [5.74, 6) is 0.584. The number of hydrogen-bond acceptors (Lipinski definition) is 2. The van der Waals surface area contributed by atoms with Crippen molar-refractivity contribution in [3.63, 3.8) is 0 Å². The van der Waals surface area contributed by atoms with Crippen LogP contribution in [0.25, 0.3) is 0 Å². The van der Waals surface area contributed by atoms with Gasteiger partial charge in [-0.1, -0.05) is 52.5 Å². The molecule has 2 nitrogen and oxygen atoms in total. The van der Waals surface area contributed by atoms with Crippen LogP contribution >= 0.6 is 23.2 Å². The van der Waals surface area contributed by atoms with Crippen LogP contribution in [0.2, 0.25) is 10.0 Å². The van der Waals surface area contributed by atoms with Crippen molar-refractivity contribution in [2.45, 2.75) is 19.9 Å². The fourth-order valence-electron chi connectivity index (χ4n) is 2.60. The van der Waals surface area contributed by atoms with E-state index in [1.165, 1.54) is 11.1 Å². The highest BCUT2D eigenvalue weighted by molar-refractivity contribution is 6.34. The van der Waals surface area contributed by atoms with Crippen LogP contribution in [0.15, 0.2) is 30.3 Å². The van der Waals surface area contributed by atoms with E-state index in [-0.39, 0.29) is 6.04 Å². The van der Waals surface area contributed by atoms with E-state index in [4.69, 9.17) is 27.9 Å². The summed E-state index contributed by atoms with van der Waals surface area (Å²) in [7, 11) is 3.49. The molecule has 112 valence electrons. The Labute approximate surface area is 136 Å². The van der Waals surface area contributed by atoms with Crippen molar-refractivity contribution in [3.8, 4) is 5.75 Å². The quantitative estimate of drug-likeness (QED) is 0.861. The van der Waals surface area contributed by atoms with E-state index < -0.39 is 0 Å². The van der Waals surface area contributed by atoms with Crippen molar-refractivity contribution < 1.29 is 4.74 Å². The third kappa shape index (κ3) is 3.52. The van der Waals surface area contributed by atoms with Crippen molar-refractivity contribution >= 4 is 23.2 Å². The summed E-state index contributed by atoms with van der Waals surface area (Å²) in [6.07, 6.45) is 0. The van der Waals surface area contributed by atoms with Crippen molar-refractivity contribution in [1.82, 2.24) is 5.32 Å². The lowest BCUT2D eigenvalue weighted by atomic mass is 9.95. The maximum atomic E-state index is 6.40. The van der Waals surface area contributed by atoms with Gasteiger partial charge in [0.25, 0.3) is 0 Å². The molecule has 1 atom stereocenters. The molecule has 0 bridgehead atoms. The zero-order valence-corrected chi connectivity index (χ0v) is 14.1. The first-order valence-electron chi connectivity index (χ1n) is 6.74. The Kier molecular flexibility index (Phi) is 5.15. The van der Waals surface area contributed by atoms with Crippen molar-refractivity contribution in [2.75, 3.05) is 14.2 Å². The zero-order valence-electron chi connectivity index (χ0n) is 12.6. The Bertz CT molecular complexity index is 635. The van der Waals surface area contributed by atoms with Gasteiger partial charge in [0.2, 0.25) is 0 Å². The average molecular weight is 324 g/mol. The van der Waals surface area contributed by atoms with E-state index in [1.807, 2.05) is 13.1 Å². The zero-order chi connectivity index (χ0) is 15.6. The molecule has 2 aromatic rings. The van der Waals surface area contributed by atoms with Gasteiger partial charge in [-0.3, -0.25) is 0 Å². The van der Waals surface area contributed by atoms with Crippen molar-refractivity contribution in [2.24, 2.45) is 0 Å². The largest absolute Gasteiger partial charge is 0.495 e. The van der Waals surface area contributed by atoms with Crippen LogP contribution < -0.4 is 10.1 Å². The van der Waals surface area contributed by atoms with Crippen LogP contribution in [0, 0.1) is 13.8 Å². The van der Waals surface area contributed by atoms with Gasteiger partial charge in [0.1, 0.15) is 5.75 Å². The summed E-state index contributed by atoms with van der Waals surface area (Å²) in [6.45, 7) is 4.18. The summed E-state index contributed by atoms with van der Waals surface area (Å²) < 4.78 is 5.20. The molecule has 0 heterocycles. The minimum absolute atomic E-state index is 0.0143. The molecule has 1 N–H and O–H groups in total. The van der Waals surface area contributed by atoms with Crippen LogP contribution in [0.5, 0.6) is 5.75 Å². The number of aryl methyl sites for hydroxylation is 2. The van der Waals surface area contributed by atoms with E-state index >= 15 is 0 Å². The number of nitrogens with one attached hydrogen (secondary N) is 1. The second-order valence-corrected chi connectivity index (χ2v) is 5.97. The first-order valence-corrected chi connectivity index (χ1v) is 7.50. The molecule has 2 rings (SSSR count). The lowest BCUT2D eigenvalue weighted by molar-refractivity contribution is 0.415. The fraction of sp³-hybridized carbons (Fsp3) is 0.294. The smallest absolute Gasteiger partial charge is 0.138 e. The summed E-state index contributed by atoms with van der Waals surface area (Å²) in [5, 5.41) is 4.50. The Hall–Kier alpha value is -1.22. The summed E-state index contributed by atoms with van der Waals surface area (Å²) in [6, 6.07) is 10.1. The number of benzene rings is 2. The average Bonchev–Trinajstić information content (AvgIpc) is 2.42. The minimum Gasteiger partial charge on any atom is -0.495 e. The molecule has 0 saturated carbocycles. The first kappa shape index (κ1) is 16.2. The normalized spacial score (nSPS) is 12.3. The molecule has 0 spiro atoms. The second-order valence-electron chi connectivity index (χ2n) is 5.15. The highest BCUT2D eigenvalue weighted by Crippen LogP contribution is 2.36. The van der Waals surface area contributed by atoms with Crippen LogP contribution in [-0.4, -0.2) is 14.2 Å². The monoisotopic (exact) mass is 323 g/mol. The Morgan fingerprint density at radius 3 is 2.10 bits per heavy atom. The van der Waals surface area contributed by atoms with Gasteiger partial charge in [0.05, 0.1) is 18.2 Å². The molecule has 0 radical (unpaired) electrons. The lowest BCUT2D eigenvalue weighted by Crippen LogP contribution is -2.18. The molecular weight excluding hydrogens is 305 g/mol. The molecule has 0 saturated heterocycles. The second kappa shape index (κ2) is 6.69. The van der Waals surface area contributed by atoms with Gasteiger partial charge < -0.3 is 10.1 Å². The van der Waals surface area contributed by atoms with E-state index in [1.54, 1.807) is 13.2 Å². The van der Waals surface area contributed by atoms with Gasteiger partial charge in [-0.25, -0.2) is 0 Å². The highest BCUT2D eigenvalue weighted by atomic mass is 35.5. The van der Waals surface area contributed by atoms with Crippen LogP contribution in [0.3, 0.4) is 0 Å². The van der Waals surface area contributed by atoms with Crippen LogP contribution in [0.4, 0.5) is 0 Å². The number of hydrogen-bond donors (Lipinski definition) is 1. The summed E-state index contributed by atoms with van der Waals surface area (Å²) in [4.78, 5) is 0. The van der Waals surface area contributed by atoms with Gasteiger partial charge in [-0.2, -0.15) is 0 Å². The maximum Gasteiger partial charge on any atom is 0.138 e. The van der Waals surface area contributed by atoms with Gasteiger partial charge in [-0.05, 0) is 38.1 Å². The maximum absolute atomic E-state index is 6.40. The van der Waals surface area contributed by atoms with E-state index in [2.05, 4.69) is 37.4 Å². The number of halogens is 2. The predicted octanol–water partition coefficient (Wildman–Crippen LogP) is 4.93. The SMILES string of the molecule is CNC(c1cc(C)cc(C)c1)c1cc(Cl)c(OC)cc1Cl. The topological polar surface area (TPSA) is 21.3 Å². The van der Waals surface area contributed by atoms with Gasteiger partial charge >= 0.3 is 0 Å². The Balaban J connectivity index is 2.53. The first-order chi connectivity index (χ1) is 9.96. The van der Waals surface area contributed by atoms with E-state index in [0.29, 0.717) is 15.8 Å². The molecule has 0 aromatic heterocycles. The number of methoxy groups -OCH3 is 1. The highest BCUT2D eigenvalue weighted by Gasteiger charge is 2.18. The van der Waals surface area contributed by atoms with E-state index in [0.717, 1.165) is 11.1 Å². The van der Waals surface area contributed by atoms with Crippen molar-refractivity contribution in [3.05, 3.63) is 62.6 Å². The molecule has 0 amide bonds. The van der Waals surface area contributed by atoms with Crippen LogP contribution in [-0.2, 0) is 0 Å². The molecule has 2 aromatic carbocycles. The van der Waals surface area contributed by atoms with Gasteiger partial charge in [0, 0.05) is 11.1 Å². The van der Waals surface area contributed by atoms with Crippen molar-refractivity contribution in [1.29, 1.82) is 0 Å². The molecule has 1 unspecified atom stereocenters. The number of rotatable bonds is 4. The molecule has 0 aliphatic carbocycles. The Morgan fingerprint density at radius 2 is 1.57 bits per heavy atom. The summed E-state index contributed by atoms with van der Waals surface area (Å²) in [5.41, 5.74) is 4.55. The standard InChI is InChI=1S/C17H19Cl2NO/c1-10-5-11(2)7-12(6-10)17(20-3)13-8-15(19)16(21-4)9-14(13)18/h5-9,17,20H,1-4H3. The molecule has 0 aliphatic heterocycles. The van der Waals surface area contributed by atoms with Crippen LogP contribution in [0.1, 0.15) is 28.3 Å².